The fourth-order valence-corrected chi connectivity index (χ4v) is 1.39. The van der Waals surface area contributed by atoms with E-state index in [1.54, 1.807) is 11.9 Å². The van der Waals surface area contributed by atoms with Crippen molar-refractivity contribution in [2.75, 3.05) is 13.6 Å². The second-order valence-corrected chi connectivity index (χ2v) is 3.22. The van der Waals surface area contributed by atoms with Crippen LogP contribution in [0.4, 0.5) is 0 Å². The Kier molecular flexibility index (Phi) is 3.06. The molecule has 0 bridgehead atoms. The first-order valence-electron chi connectivity index (χ1n) is 4.30. The van der Waals surface area contributed by atoms with Crippen LogP contribution < -0.4 is 5.32 Å². The van der Waals surface area contributed by atoms with Crippen LogP contribution >= 0.6 is 0 Å². The Bertz CT molecular complexity index is 238. The quantitative estimate of drug-likeness (QED) is 0.607. The first-order valence-corrected chi connectivity index (χ1v) is 4.30. The zero-order chi connectivity index (χ0) is 9.84. The predicted molar refractivity (Wildman–Crippen MR) is 49.0 cm³/mol. The second kappa shape index (κ2) is 4.07. The van der Waals surface area contributed by atoms with Crippen molar-refractivity contribution in [1.82, 2.24) is 10.2 Å². The molecule has 0 aromatic heterocycles. The van der Waals surface area contributed by atoms with Crippen LogP contribution in [0.5, 0.6) is 0 Å². The first kappa shape index (κ1) is 9.77. The lowest BCUT2D eigenvalue weighted by Crippen LogP contribution is -2.48. The lowest BCUT2D eigenvalue weighted by atomic mass is 10.1. The summed E-state index contributed by atoms with van der Waals surface area (Å²) >= 11 is 0. The molecule has 0 saturated carbocycles. The van der Waals surface area contributed by atoms with Crippen molar-refractivity contribution in [2.24, 2.45) is 0 Å². The molecule has 72 valence electrons. The third-order valence-electron chi connectivity index (χ3n) is 2.16. The topological polar surface area (TPSA) is 49.4 Å². The van der Waals surface area contributed by atoms with Gasteiger partial charge >= 0.3 is 0 Å². The summed E-state index contributed by atoms with van der Waals surface area (Å²) in [7, 11) is 1.74. The highest BCUT2D eigenvalue weighted by atomic mass is 16.2. The summed E-state index contributed by atoms with van der Waals surface area (Å²) in [5.74, 6) is -0.0307. The Morgan fingerprint density at radius 2 is 2.46 bits per heavy atom. The molecule has 0 spiro atoms. The third kappa shape index (κ3) is 2.57. The van der Waals surface area contributed by atoms with Crippen LogP contribution in [-0.4, -0.2) is 36.3 Å². The zero-order valence-electron chi connectivity index (χ0n) is 7.75. The molecule has 13 heavy (non-hydrogen) atoms. The molecule has 1 heterocycles. The molecule has 0 unspecified atom stereocenters. The average molecular weight is 182 g/mol. The number of amides is 2. The minimum absolute atomic E-state index is 0.0770. The molecule has 1 rings (SSSR count). The maximum absolute atomic E-state index is 11.1. The molecule has 4 heteroatoms. The average Bonchev–Trinajstić information content (AvgIpc) is 2.11. The molecule has 0 aromatic carbocycles. The number of carbonyl (C=O) groups is 2. The number of likely N-dealkylation sites (N-methyl/N-ethyl adjacent to an activating group) is 1. The van der Waals surface area contributed by atoms with Crippen molar-refractivity contribution >= 4 is 11.8 Å². The molecule has 0 aromatic rings. The number of nitrogens with zero attached hydrogens (tertiary/aromatic N) is 1. The minimum atomic E-state index is -0.173. The molecular weight excluding hydrogens is 168 g/mol. The van der Waals surface area contributed by atoms with Crippen LogP contribution in [0, 0.1) is 0 Å². The molecule has 0 radical (unpaired) electrons. The minimum Gasteiger partial charge on any atom is -0.348 e. The normalized spacial score (nSPS) is 22.7. The summed E-state index contributed by atoms with van der Waals surface area (Å²) in [5, 5.41) is 2.77. The standard InChI is InChI=1S/C9H14N2O2/c1-3-8(12)10-7-4-5-9(13)11(2)6-7/h3,7H,1,4-6H2,2H3,(H,10,12)/t7-/m1/s1. The van der Waals surface area contributed by atoms with Crippen molar-refractivity contribution in [1.29, 1.82) is 0 Å². The molecule has 1 N–H and O–H groups in total. The highest BCUT2D eigenvalue weighted by molar-refractivity contribution is 5.87. The Hall–Kier alpha value is -1.32. The Morgan fingerprint density at radius 3 is 3.00 bits per heavy atom. The number of hydrogen-bond acceptors (Lipinski definition) is 2. The van der Waals surface area contributed by atoms with Crippen molar-refractivity contribution < 1.29 is 9.59 Å². The number of carbonyl (C=O) groups excluding carboxylic acids is 2. The monoisotopic (exact) mass is 182 g/mol. The molecule has 1 fully saturated rings. The summed E-state index contributed by atoms with van der Waals surface area (Å²) in [5.41, 5.74) is 0. The fourth-order valence-electron chi connectivity index (χ4n) is 1.39. The van der Waals surface area contributed by atoms with Crippen LogP contribution in [0.15, 0.2) is 12.7 Å². The number of hydrogen-bond donors (Lipinski definition) is 1. The van der Waals surface area contributed by atoms with Gasteiger partial charge < -0.3 is 10.2 Å². The van der Waals surface area contributed by atoms with E-state index in [0.29, 0.717) is 13.0 Å². The lowest BCUT2D eigenvalue weighted by Gasteiger charge is -2.29. The van der Waals surface area contributed by atoms with Gasteiger partial charge in [0, 0.05) is 26.1 Å². The maximum atomic E-state index is 11.1. The first-order chi connectivity index (χ1) is 6.13. The van der Waals surface area contributed by atoms with Gasteiger partial charge in [0.2, 0.25) is 11.8 Å². The summed E-state index contributed by atoms with van der Waals surface area (Å²) in [4.78, 5) is 23.7. The van der Waals surface area contributed by atoms with Gasteiger partial charge in [0.15, 0.2) is 0 Å². The van der Waals surface area contributed by atoms with Gasteiger partial charge in [-0.3, -0.25) is 9.59 Å². The molecular formula is C9H14N2O2. The molecule has 1 saturated heterocycles. The van der Waals surface area contributed by atoms with Gasteiger partial charge in [-0.15, -0.1) is 0 Å². The van der Waals surface area contributed by atoms with E-state index in [4.69, 9.17) is 0 Å². The second-order valence-electron chi connectivity index (χ2n) is 3.22. The van der Waals surface area contributed by atoms with Gasteiger partial charge in [0.1, 0.15) is 0 Å². The summed E-state index contributed by atoms with van der Waals surface area (Å²) in [6.07, 6.45) is 2.48. The molecule has 2 amide bonds. The van der Waals surface area contributed by atoms with E-state index in [1.165, 1.54) is 6.08 Å². The predicted octanol–water partition coefficient (Wildman–Crippen LogP) is -0.0906. The van der Waals surface area contributed by atoms with Crippen molar-refractivity contribution in [2.45, 2.75) is 18.9 Å². The van der Waals surface area contributed by atoms with E-state index in [0.717, 1.165) is 6.42 Å². The molecule has 4 nitrogen and oxygen atoms in total. The van der Waals surface area contributed by atoms with Gasteiger partial charge in [-0.05, 0) is 12.5 Å². The summed E-state index contributed by atoms with van der Waals surface area (Å²) < 4.78 is 0. The van der Waals surface area contributed by atoms with Gasteiger partial charge in [0.05, 0.1) is 0 Å². The van der Waals surface area contributed by atoms with E-state index in [9.17, 15) is 9.59 Å². The van der Waals surface area contributed by atoms with Crippen LogP contribution in [-0.2, 0) is 9.59 Å². The Balaban J connectivity index is 2.41. The van der Waals surface area contributed by atoms with Gasteiger partial charge in [-0.1, -0.05) is 6.58 Å². The number of piperidine rings is 1. The molecule has 1 aliphatic rings. The molecule has 1 atom stereocenters. The van der Waals surface area contributed by atoms with Crippen molar-refractivity contribution in [3.05, 3.63) is 12.7 Å². The van der Waals surface area contributed by atoms with Crippen LogP contribution in [0.25, 0.3) is 0 Å². The zero-order valence-corrected chi connectivity index (χ0v) is 7.75. The smallest absolute Gasteiger partial charge is 0.243 e. The van der Waals surface area contributed by atoms with Gasteiger partial charge in [-0.2, -0.15) is 0 Å². The highest BCUT2D eigenvalue weighted by Crippen LogP contribution is 2.09. The van der Waals surface area contributed by atoms with E-state index >= 15 is 0 Å². The highest BCUT2D eigenvalue weighted by Gasteiger charge is 2.23. The van der Waals surface area contributed by atoms with E-state index in [2.05, 4.69) is 11.9 Å². The van der Waals surface area contributed by atoms with E-state index in [-0.39, 0.29) is 17.9 Å². The van der Waals surface area contributed by atoms with Crippen molar-refractivity contribution in [3.63, 3.8) is 0 Å². The number of likely N-dealkylation sites (tertiary alicyclic amines) is 1. The number of rotatable bonds is 2. The number of nitrogens with one attached hydrogen (secondary N) is 1. The van der Waals surface area contributed by atoms with E-state index in [1.807, 2.05) is 0 Å². The molecule has 0 aliphatic carbocycles. The van der Waals surface area contributed by atoms with Gasteiger partial charge in [0.25, 0.3) is 0 Å². The van der Waals surface area contributed by atoms with Crippen LogP contribution in [0.1, 0.15) is 12.8 Å². The van der Waals surface area contributed by atoms with Crippen LogP contribution in [0.3, 0.4) is 0 Å². The third-order valence-corrected chi connectivity index (χ3v) is 2.16. The Morgan fingerprint density at radius 1 is 1.77 bits per heavy atom. The Labute approximate surface area is 77.6 Å². The summed E-state index contributed by atoms with van der Waals surface area (Å²) in [6, 6.07) is 0.0770. The fraction of sp³-hybridized carbons (Fsp3) is 0.556. The van der Waals surface area contributed by atoms with Gasteiger partial charge in [-0.25, -0.2) is 0 Å². The summed E-state index contributed by atoms with van der Waals surface area (Å²) in [6.45, 7) is 3.96. The largest absolute Gasteiger partial charge is 0.348 e. The SMILES string of the molecule is C=CC(=O)N[C@@H]1CCC(=O)N(C)C1. The van der Waals surface area contributed by atoms with Crippen LogP contribution in [0.2, 0.25) is 0 Å². The van der Waals surface area contributed by atoms with Crippen molar-refractivity contribution in [3.8, 4) is 0 Å². The lowest BCUT2D eigenvalue weighted by molar-refractivity contribution is -0.133. The maximum Gasteiger partial charge on any atom is 0.243 e. The van der Waals surface area contributed by atoms with E-state index < -0.39 is 0 Å². The molecule has 1 aliphatic heterocycles.